The normalized spacial score (nSPS) is 18.8. The molecule has 1 fully saturated rings. The maximum Gasteiger partial charge on any atom is 0.411 e. The number of ether oxygens (including phenoxy) is 1. The number of rotatable bonds is 8. The summed E-state index contributed by atoms with van der Waals surface area (Å²) in [6.45, 7) is 1.92. The largest absolute Gasteiger partial charge is 0.411 e. The molecule has 1 rings (SSSR count). The highest BCUT2D eigenvalue weighted by Gasteiger charge is 2.28. The maximum absolute atomic E-state index is 11.8. The number of hydrogen-bond donors (Lipinski definition) is 1. The molecule has 2 nitrogen and oxygen atoms in total. The lowest BCUT2D eigenvalue weighted by molar-refractivity contribution is -0.174. The van der Waals surface area contributed by atoms with Crippen LogP contribution in [0.25, 0.3) is 0 Å². The first kappa shape index (κ1) is 13.8. The van der Waals surface area contributed by atoms with E-state index in [0.29, 0.717) is 12.5 Å². The van der Waals surface area contributed by atoms with Crippen molar-refractivity contribution in [3.8, 4) is 0 Å². The summed E-state index contributed by atoms with van der Waals surface area (Å²) in [5.74, 6) is 0.784. The Balaban J connectivity index is 2.06. The van der Waals surface area contributed by atoms with Crippen LogP contribution in [0.5, 0.6) is 0 Å². The van der Waals surface area contributed by atoms with E-state index in [1.165, 1.54) is 12.8 Å². The second-order valence-corrected chi connectivity index (χ2v) is 4.39. The first-order valence-corrected chi connectivity index (χ1v) is 5.89. The van der Waals surface area contributed by atoms with E-state index >= 15 is 0 Å². The molecule has 0 amide bonds. The molecule has 1 aliphatic carbocycles. The van der Waals surface area contributed by atoms with Gasteiger partial charge in [-0.1, -0.05) is 19.8 Å². The Morgan fingerprint density at radius 2 is 2.06 bits per heavy atom. The van der Waals surface area contributed by atoms with Crippen molar-refractivity contribution in [2.75, 3.05) is 19.8 Å². The minimum Gasteiger partial charge on any atom is -0.372 e. The topological polar surface area (TPSA) is 21.3 Å². The Kier molecular flexibility index (Phi) is 5.55. The van der Waals surface area contributed by atoms with E-state index in [4.69, 9.17) is 0 Å². The molecule has 1 atom stereocenters. The fourth-order valence-electron chi connectivity index (χ4n) is 1.76. The van der Waals surface area contributed by atoms with Crippen molar-refractivity contribution < 1.29 is 17.9 Å². The molecular weight excluding hydrogens is 219 g/mol. The quantitative estimate of drug-likeness (QED) is 0.658. The average molecular weight is 239 g/mol. The van der Waals surface area contributed by atoms with Crippen LogP contribution in [-0.4, -0.2) is 32.0 Å². The molecule has 96 valence electrons. The Morgan fingerprint density at radius 1 is 1.38 bits per heavy atom. The third kappa shape index (κ3) is 7.06. The summed E-state index contributed by atoms with van der Waals surface area (Å²) < 4.78 is 40.0. The SMILES string of the molecule is CCNC(CCOCC(F)(F)F)CC1CC1. The van der Waals surface area contributed by atoms with Crippen LogP contribution >= 0.6 is 0 Å². The van der Waals surface area contributed by atoms with Crippen LogP contribution in [-0.2, 0) is 4.74 Å². The molecule has 0 spiro atoms. The third-order valence-corrected chi connectivity index (χ3v) is 2.68. The van der Waals surface area contributed by atoms with Gasteiger partial charge in [-0.05, 0) is 25.3 Å². The van der Waals surface area contributed by atoms with E-state index in [2.05, 4.69) is 10.1 Å². The molecule has 0 aliphatic heterocycles. The van der Waals surface area contributed by atoms with Gasteiger partial charge in [-0.15, -0.1) is 0 Å². The number of hydrogen-bond acceptors (Lipinski definition) is 2. The van der Waals surface area contributed by atoms with Crippen LogP contribution in [0.15, 0.2) is 0 Å². The highest BCUT2D eigenvalue weighted by atomic mass is 19.4. The zero-order valence-electron chi connectivity index (χ0n) is 9.65. The minimum atomic E-state index is -4.20. The van der Waals surface area contributed by atoms with Crippen molar-refractivity contribution in [3.63, 3.8) is 0 Å². The summed E-state index contributed by atoms with van der Waals surface area (Å²) in [6.07, 6.45) is 0.0738. The van der Waals surface area contributed by atoms with Crippen LogP contribution in [0.4, 0.5) is 13.2 Å². The molecule has 0 bridgehead atoms. The van der Waals surface area contributed by atoms with E-state index in [0.717, 1.165) is 18.9 Å². The lowest BCUT2D eigenvalue weighted by atomic mass is 10.1. The van der Waals surface area contributed by atoms with Crippen molar-refractivity contribution in [1.82, 2.24) is 5.32 Å². The van der Waals surface area contributed by atoms with Crippen molar-refractivity contribution >= 4 is 0 Å². The molecule has 1 N–H and O–H groups in total. The monoisotopic (exact) mass is 239 g/mol. The van der Waals surface area contributed by atoms with Gasteiger partial charge >= 0.3 is 6.18 Å². The number of nitrogens with one attached hydrogen (secondary N) is 1. The van der Waals surface area contributed by atoms with Crippen LogP contribution in [0.1, 0.15) is 32.6 Å². The summed E-state index contributed by atoms with van der Waals surface area (Å²) in [5.41, 5.74) is 0. The summed E-state index contributed by atoms with van der Waals surface area (Å²) in [5, 5.41) is 3.29. The predicted molar refractivity (Wildman–Crippen MR) is 56.3 cm³/mol. The third-order valence-electron chi connectivity index (χ3n) is 2.68. The van der Waals surface area contributed by atoms with Gasteiger partial charge in [0.1, 0.15) is 6.61 Å². The summed E-state index contributed by atoms with van der Waals surface area (Å²) in [6, 6.07) is 0.311. The fraction of sp³-hybridized carbons (Fsp3) is 1.00. The van der Waals surface area contributed by atoms with Crippen LogP contribution in [0.3, 0.4) is 0 Å². The standard InChI is InChI=1S/C11H20F3NO/c1-2-15-10(7-9-3-4-9)5-6-16-8-11(12,13)14/h9-10,15H,2-8H2,1H3. The lowest BCUT2D eigenvalue weighted by Gasteiger charge is -2.17. The van der Waals surface area contributed by atoms with Gasteiger partial charge in [-0.3, -0.25) is 0 Å². The van der Waals surface area contributed by atoms with Gasteiger partial charge in [-0.2, -0.15) is 13.2 Å². The first-order valence-electron chi connectivity index (χ1n) is 5.89. The van der Waals surface area contributed by atoms with Gasteiger partial charge in [-0.25, -0.2) is 0 Å². The predicted octanol–water partition coefficient (Wildman–Crippen LogP) is 2.73. The molecule has 5 heteroatoms. The van der Waals surface area contributed by atoms with Crippen molar-refractivity contribution in [2.24, 2.45) is 5.92 Å². The highest BCUT2D eigenvalue weighted by Crippen LogP contribution is 2.34. The number of halogens is 3. The first-order chi connectivity index (χ1) is 7.51. The van der Waals surface area contributed by atoms with Gasteiger partial charge < -0.3 is 10.1 Å². The zero-order chi connectivity index (χ0) is 12.0. The molecule has 0 radical (unpaired) electrons. The molecular formula is C11H20F3NO. The van der Waals surface area contributed by atoms with E-state index in [1.54, 1.807) is 0 Å². The van der Waals surface area contributed by atoms with Crippen molar-refractivity contribution in [1.29, 1.82) is 0 Å². The van der Waals surface area contributed by atoms with Crippen molar-refractivity contribution in [3.05, 3.63) is 0 Å². The zero-order valence-corrected chi connectivity index (χ0v) is 9.65. The maximum atomic E-state index is 11.8. The Morgan fingerprint density at radius 3 is 2.56 bits per heavy atom. The highest BCUT2D eigenvalue weighted by molar-refractivity contribution is 4.79. The van der Waals surface area contributed by atoms with E-state index in [1.807, 2.05) is 6.92 Å². The molecule has 0 heterocycles. The number of alkyl halides is 3. The molecule has 0 aromatic carbocycles. The lowest BCUT2D eigenvalue weighted by Crippen LogP contribution is -2.31. The summed E-state index contributed by atoms with van der Waals surface area (Å²) >= 11 is 0. The summed E-state index contributed by atoms with van der Waals surface area (Å²) in [7, 11) is 0. The summed E-state index contributed by atoms with van der Waals surface area (Å²) in [4.78, 5) is 0. The van der Waals surface area contributed by atoms with E-state index in [-0.39, 0.29) is 6.61 Å². The molecule has 16 heavy (non-hydrogen) atoms. The fourth-order valence-corrected chi connectivity index (χ4v) is 1.76. The van der Waals surface area contributed by atoms with Gasteiger partial charge in [0.2, 0.25) is 0 Å². The van der Waals surface area contributed by atoms with Crippen LogP contribution in [0, 0.1) is 5.92 Å². The van der Waals surface area contributed by atoms with Crippen molar-refractivity contribution in [2.45, 2.75) is 44.8 Å². The Labute approximate surface area is 94.5 Å². The molecule has 1 saturated carbocycles. The molecule has 0 saturated heterocycles. The molecule has 1 aliphatic rings. The van der Waals surface area contributed by atoms with Crippen LogP contribution in [0.2, 0.25) is 0 Å². The smallest absolute Gasteiger partial charge is 0.372 e. The minimum absolute atomic E-state index is 0.184. The van der Waals surface area contributed by atoms with E-state index < -0.39 is 12.8 Å². The average Bonchev–Trinajstić information content (AvgIpc) is 2.95. The van der Waals surface area contributed by atoms with Gasteiger partial charge in [0.05, 0.1) is 0 Å². The van der Waals surface area contributed by atoms with Gasteiger partial charge in [0.15, 0.2) is 0 Å². The molecule has 0 aromatic rings. The molecule has 1 unspecified atom stereocenters. The van der Waals surface area contributed by atoms with Crippen LogP contribution < -0.4 is 5.32 Å². The van der Waals surface area contributed by atoms with Gasteiger partial charge in [0, 0.05) is 12.6 Å². The van der Waals surface area contributed by atoms with E-state index in [9.17, 15) is 13.2 Å². The Hall–Kier alpha value is -0.290. The molecule has 0 aromatic heterocycles. The second-order valence-electron chi connectivity index (χ2n) is 4.39. The van der Waals surface area contributed by atoms with Gasteiger partial charge in [0.25, 0.3) is 0 Å². The second kappa shape index (κ2) is 6.45. The Bertz CT molecular complexity index is 192.